The fourth-order valence-electron chi connectivity index (χ4n) is 3.75. The van der Waals surface area contributed by atoms with Gasteiger partial charge >= 0.3 is 0 Å². The quantitative estimate of drug-likeness (QED) is 0.602. The molecule has 6 nitrogen and oxygen atoms in total. The number of nitrogens with zero attached hydrogens (tertiary/aromatic N) is 2. The summed E-state index contributed by atoms with van der Waals surface area (Å²) in [6, 6.07) is 7.91. The highest BCUT2D eigenvalue weighted by molar-refractivity contribution is 7.16. The Bertz CT molecular complexity index is 1010. The third kappa shape index (κ3) is 5.74. The first-order valence-corrected chi connectivity index (χ1v) is 11.7. The zero-order valence-corrected chi connectivity index (χ0v) is 18.7. The van der Waals surface area contributed by atoms with Crippen molar-refractivity contribution in [3.8, 4) is 0 Å². The third-order valence-corrected chi connectivity index (χ3v) is 6.72. The van der Waals surface area contributed by atoms with Crippen molar-refractivity contribution in [1.29, 1.82) is 0 Å². The minimum atomic E-state index is -0.324. The van der Waals surface area contributed by atoms with Crippen molar-refractivity contribution in [2.45, 2.75) is 38.1 Å². The molecule has 0 bridgehead atoms. The highest BCUT2D eigenvalue weighted by Gasteiger charge is 2.24. The van der Waals surface area contributed by atoms with E-state index >= 15 is 0 Å². The van der Waals surface area contributed by atoms with Crippen LogP contribution in [0.3, 0.4) is 0 Å². The van der Waals surface area contributed by atoms with Gasteiger partial charge in [0.2, 0.25) is 11.8 Å². The number of hydrogen-bond donors (Lipinski definition) is 2. The van der Waals surface area contributed by atoms with Gasteiger partial charge in [0, 0.05) is 25.3 Å². The predicted octanol–water partition coefficient (Wildman–Crippen LogP) is 4.96. The minimum absolute atomic E-state index is 0.150. The van der Waals surface area contributed by atoms with Crippen LogP contribution < -0.4 is 10.6 Å². The van der Waals surface area contributed by atoms with Gasteiger partial charge in [0.05, 0.1) is 15.6 Å². The molecule has 0 radical (unpaired) electrons. The van der Waals surface area contributed by atoms with Crippen LogP contribution in [-0.4, -0.2) is 40.8 Å². The Morgan fingerprint density at radius 1 is 1.19 bits per heavy atom. The number of thiazole rings is 1. The van der Waals surface area contributed by atoms with Gasteiger partial charge in [-0.3, -0.25) is 9.59 Å². The van der Waals surface area contributed by atoms with Crippen LogP contribution in [0.2, 0.25) is 5.02 Å². The Morgan fingerprint density at radius 2 is 2.00 bits per heavy atom. The Morgan fingerprint density at radius 3 is 2.74 bits per heavy atom. The van der Waals surface area contributed by atoms with Gasteiger partial charge in [0.1, 0.15) is 6.42 Å². The van der Waals surface area contributed by atoms with Crippen molar-refractivity contribution in [2.75, 3.05) is 23.7 Å². The van der Waals surface area contributed by atoms with E-state index in [2.05, 4.69) is 33.8 Å². The number of piperidine rings is 1. The summed E-state index contributed by atoms with van der Waals surface area (Å²) in [5.74, 6) is -0.473. The molecule has 4 rings (SSSR count). The van der Waals surface area contributed by atoms with Crippen molar-refractivity contribution in [3.05, 3.63) is 58.6 Å². The molecule has 2 N–H and O–H groups in total. The standard InChI is InChI=1S/C23H25ClN4O2S/c24-18-8-4-5-9-19(18)26-17-10-12-28(13-11-17)22(30)14-21(29)27-23-25-15-20(31-23)16-6-2-1-3-7-16/h2,4-9,15,17,26H,1,3,10-14H2,(H,25,27,29). The largest absolute Gasteiger partial charge is 0.381 e. The zero-order valence-electron chi connectivity index (χ0n) is 17.1. The maximum atomic E-state index is 12.6. The summed E-state index contributed by atoms with van der Waals surface area (Å²) in [6.45, 7) is 1.24. The molecule has 1 fully saturated rings. The molecule has 0 spiro atoms. The predicted molar refractivity (Wildman–Crippen MR) is 126 cm³/mol. The van der Waals surface area contributed by atoms with Crippen molar-refractivity contribution in [3.63, 3.8) is 0 Å². The van der Waals surface area contributed by atoms with Crippen LogP contribution in [0.4, 0.5) is 10.8 Å². The lowest BCUT2D eigenvalue weighted by Gasteiger charge is -2.33. The Kier molecular flexibility index (Phi) is 7.04. The summed E-state index contributed by atoms with van der Waals surface area (Å²) in [5, 5.41) is 7.42. The molecule has 1 aliphatic carbocycles. The van der Waals surface area contributed by atoms with E-state index in [0.717, 1.165) is 41.8 Å². The Hall–Kier alpha value is -2.64. The fourth-order valence-corrected chi connectivity index (χ4v) is 4.79. The molecule has 8 heteroatoms. The molecular formula is C23H25ClN4O2S. The SMILES string of the molecule is O=C(CC(=O)N1CCC(Nc2ccccc2Cl)CC1)Nc1ncc(C2=CCCC=C2)s1. The first-order valence-electron chi connectivity index (χ1n) is 10.5. The molecule has 0 saturated carbocycles. The Balaban J connectivity index is 1.23. The summed E-state index contributed by atoms with van der Waals surface area (Å²) in [6.07, 6.45) is 11.7. The zero-order chi connectivity index (χ0) is 21.6. The lowest BCUT2D eigenvalue weighted by atomic mass is 10.0. The number of amides is 2. The number of para-hydroxylation sites is 1. The van der Waals surface area contributed by atoms with Crippen LogP contribution in [0.1, 0.15) is 37.0 Å². The smallest absolute Gasteiger partial charge is 0.235 e. The number of carbonyl (C=O) groups is 2. The highest BCUT2D eigenvalue weighted by atomic mass is 35.5. The van der Waals surface area contributed by atoms with Gasteiger partial charge in [-0.1, -0.05) is 53.3 Å². The molecule has 2 aliphatic rings. The highest BCUT2D eigenvalue weighted by Crippen LogP contribution is 2.29. The Labute approximate surface area is 191 Å². The van der Waals surface area contributed by atoms with Crippen LogP contribution in [0, 0.1) is 0 Å². The van der Waals surface area contributed by atoms with Gasteiger partial charge in [-0.25, -0.2) is 4.98 Å². The molecule has 31 heavy (non-hydrogen) atoms. The van der Waals surface area contributed by atoms with Crippen molar-refractivity contribution < 1.29 is 9.59 Å². The number of likely N-dealkylation sites (tertiary alicyclic amines) is 1. The summed E-state index contributed by atoms with van der Waals surface area (Å²) < 4.78 is 0. The second-order valence-electron chi connectivity index (χ2n) is 7.67. The van der Waals surface area contributed by atoms with E-state index < -0.39 is 0 Å². The van der Waals surface area contributed by atoms with Crippen molar-refractivity contribution >= 4 is 51.1 Å². The van der Waals surface area contributed by atoms with Crippen LogP contribution in [0.15, 0.2) is 48.7 Å². The number of aromatic nitrogens is 1. The first-order chi connectivity index (χ1) is 15.1. The van der Waals surface area contributed by atoms with Crippen LogP contribution in [-0.2, 0) is 9.59 Å². The van der Waals surface area contributed by atoms with E-state index in [1.54, 1.807) is 11.1 Å². The lowest BCUT2D eigenvalue weighted by molar-refractivity contribution is -0.135. The maximum absolute atomic E-state index is 12.6. The second kappa shape index (κ2) is 10.1. The molecule has 162 valence electrons. The molecule has 1 aromatic heterocycles. The summed E-state index contributed by atoms with van der Waals surface area (Å²) in [4.78, 5) is 32.0. The molecule has 0 atom stereocenters. The molecule has 1 saturated heterocycles. The summed E-state index contributed by atoms with van der Waals surface area (Å²) in [7, 11) is 0. The number of rotatable bonds is 6. The number of carbonyl (C=O) groups excluding carboxylic acids is 2. The summed E-state index contributed by atoms with van der Waals surface area (Å²) >= 11 is 7.64. The van der Waals surface area contributed by atoms with Crippen LogP contribution in [0.25, 0.3) is 5.57 Å². The van der Waals surface area contributed by atoms with E-state index in [-0.39, 0.29) is 24.3 Å². The normalized spacial score (nSPS) is 16.7. The lowest BCUT2D eigenvalue weighted by Crippen LogP contribution is -2.43. The fraction of sp³-hybridized carbons (Fsp3) is 0.348. The first kappa shape index (κ1) is 21.6. The third-order valence-electron chi connectivity index (χ3n) is 5.42. The molecule has 2 heterocycles. The van der Waals surface area contributed by atoms with Gasteiger partial charge in [0.25, 0.3) is 0 Å². The van der Waals surface area contributed by atoms with Crippen molar-refractivity contribution in [1.82, 2.24) is 9.88 Å². The molecule has 1 aromatic carbocycles. The topological polar surface area (TPSA) is 74.3 Å². The average molecular weight is 457 g/mol. The van der Waals surface area contributed by atoms with Gasteiger partial charge in [-0.2, -0.15) is 0 Å². The van der Waals surface area contributed by atoms with E-state index in [4.69, 9.17) is 11.6 Å². The monoisotopic (exact) mass is 456 g/mol. The van der Waals surface area contributed by atoms with E-state index in [0.29, 0.717) is 23.2 Å². The number of benzene rings is 1. The van der Waals surface area contributed by atoms with E-state index in [1.165, 1.54) is 11.3 Å². The van der Waals surface area contributed by atoms with Gasteiger partial charge in [-0.05, 0) is 43.4 Å². The molecule has 2 aromatic rings. The molecule has 2 amide bonds. The average Bonchev–Trinajstić information content (AvgIpc) is 3.25. The minimum Gasteiger partial charge on any atom is -0.381 e. The van der Waals surface area contributed by atoms with Gasteiger partial charge < -0.3 is 15.5 Å². The van der Waals surface area contributed by atoms with E-state index in [1.807, 2.05) is 24.3 Å². The van der Waals surface area contributed by atoms with E-state index in [9.17, 15) is 9.59 Å². The number of allylic oxidation sites excluding steroid dienone is 4. The molecular weight excluding hydrogens is 432 g/mol. The maximum Gasteiger partial charge on any atom is 0.235 e. The number of anilines is 2. The summed E-state index contributed by atoms with van der Waals surface area (Å²) in [5.41, 5.74) is 2.05. The molecule has 0 unspecified atom stereocenters. The van der Waals surface area contributed by atoms with Gasteiger partial charge in [-0.15, -0.1) is 0 Å². The number of halogens is 1. The van der Waals surface area contributed by atoms with Crippen molar-refractivity contribution in [2.24, 2.45) is 0 Å². The van der Waals surface area contributed by atoms with Crippen LogP contribution >= 0.6 is 22.9 Å². The number of nitrogens with one attached hydrogen (secondary N) is 2. The number of hydrogen-bond acceptors (Lipinski definition) is 5. The molecule has 1 aliphatic heterocycles. The van der Waals surface area contributed by atoms with Gasteiger partial charge in [0.15, 0.2) is 5.13 Å². The second-order valence-corrected chi connectivity index (χ2v) is 9.11. The van der Waals surface area contributed by atoms with Crippen LogP contribution in [0.5, 0.6) is 0 Å².